The summed E-state index contributed by atoms with van der Waals surface area (Å²) in [6.45, 7) is 0. The maximum atomic E-state index is 13.4. The van der Waals surface area contributed by atoms with E-state index in [-0.39, 0.29) is 30.0 Å². The Morgan fingerprint density at radius 1 is 0.793 bits per heavy atom. The molecule has 6 nitrogen and oxygen atoms in total. The van der Waals surface area contributed by atoms with Crippen molar-refractivity contribution in [3.63, 3.8) is 0 Å². The average Bonchev–Trinajstić information content (AvgIpc) is 3.68. The molecule has 0 unspecified atom stereocenters. The lowest BCUT2D eigenvalue weighted by Crippen LogP contribution is -2.54. The number of benzene rings is 2. The molecule has 4 atom stereocenters. The third-order valence-corrected chi connectivity index (χ3v) is 6.40. The Kier molecular flexibility index (Phi) is 4.22. The summed E-state index contributed by atoms with van der Waals surface area (Å²) in [4.78, 5) is 29.7. The Morgan fingerprint density at radius 2 is 1.28 bits per heavy atom. The van der Waals surface area contributed by atoms with Crippen LogP contribution in [0.25, 0.3) is 0 Å². The average molecular weight is 392 g/mol. The van der Waals surface area contributed by atoms with E-state index >= 15 is 0 Å². The van der Waals surface area contributed by atoms with Crippen molar-refractivity contribution in [3.05, 3.63) is 71.8 Å². The van der Waals surface area contributed by atoms with Gasteiger partial charge in [-0.05, 0) is 24.0 Å². The molecule has 0 N–H and O–H groups in total. The number of methoxy groups -OCH3 is 2. The minimum absolute atomic E-state index is 0.118. The van der Waals surface area contributed by atoms with E-state index in [1.54, 1.807) is 0 Å². The van der Waals surface area contributed by atoms with Crippen LogP contribution in [0.5, 0.6) is 0 Å². The Balaban J connectivity index is 1.43. The fourth-order valence-corrected chi connectivity index (χ4v) is 4.74. The number of amides is 3. The molecule has 5 rings (SSSR count). The lowest BCUT2D eigenvalue weighted by molar-refractivity contribution is -0.256. The molecule has 0 bridgehead atoms. The van der Waals surface area contributed by atoms with Gasteiger partial charge in [0.15, 0.2) is 0 Å². The van der Waals surface area contributed by atoms with Crippen LogP contribution in [-0.4, -0.2) is 54.0 Å². The second-order valence-corrected chi connectivity index (χ2v) is 7.96. The van der Waals surface area contributed by atoms with E-state index in [0.29, 0.717) is 0 Å². The summed E-state index contributed by atoms with van der Waals surface area (Å²) in [5, 5.41) is 0. The molecule has 1 saturated heterocycles. The molecule has 3 amide bonds. The number of rotatable bonds is 6. The smallest absolute Gasteiger partial charge is 0.328 e. The van der Waals surface area contributed by atoms with Crippen LogP contribution in [0.15, 0.2) is 60.7 Å². The van der Waals surface area contributed by atoms with Gasteiger partial charge in [0.25, 0.3) is 0 Å². The fourth-order valence-electron chi connectivity index (χ4n) is 4.74. The quantitative estimate of drug-likeness (QED) is 0.559. The molecule has 3 aliphatic rings. The maximum Gasteiger partial charge on any atom is 0.339 e. The molecule has 0 spiro atoms. The fraction of sp³-hybridized carbons (Fsp3) is 0.391. The van der Waals surface area contributed by atoms with Crippen molar-refractivity contribution in [2.75, 3.05) is 14.2 Å². The van der Waals surface area contributed by atoms with Gasteiger partial charge in [0.05, 0.1) is 0 Å². The Morgan fingerprint density at radius 3 is 1.79 bits per heavy atom. The van der Waals surface area contributed by atoms with Crippen molar-refractivity contribution in [2.24, 2.45) is 0 Å². The Hall–Kier alpha value is -2.70. The van der Waals surface area contributed by atoms with Crippen LogP contribution >= 0.6 is 0 Å². The maximum absolute atomic E-state index is 13.4. The van der Waals surface area contributed by atoms with Crippen LogP contribution in [0.4, 0.5) is 4.79 Å². The van der Waals surface area contributed by atoms with Crippen LogP contribution in [0, 0.1) is 0 Å². The van der Waals surface area contributed by atoms with Crippen LogP contribution in [0.1, 0.15) is 35.8 Å². The number of carbonyl (C=O) groups excluding carboxylic acids is 2. The molecule has 29 heavy (non-hydrogen) atoms. The van der Waals surface area contributed by atoms with Gasteiger partial charge in [0, 0.05) is 38.1 Å². The minimum atomic E-state index is -1.69. The molecular weight excluding hydrogens is 368 g/mol. The first-order chi connectivity index (χ1) is 14.1. The van der Waals surface area contributed by atoms with Crippen LogP contribution in [0.3, 0.4) is 0 Å². The highest BCUT2D eigenvalue weighted by molar-refractivity contribution is 6.06. The zero-order valence-corrected chi connectivity index (χ0v) is 16.5. The largest absolute Gasteiger partial charge is 0.339 e. The van der Waals surface area contributed by atoms with Crippen molar-refractivity contribution in [2.45, 2.75) is 42.7 Å². The molecule has 3 fully saturated rings. The predicted molar refractivity (Wildman–Crippen MR) is 106 cm³/mol. The molecule has 0 radical (unpaired) electrons. The van der Waals surface area contributed by atoms with Crippen molar-refractivity contribution in [1.82, 2.24) is 9.80 Å². The summed E-state index contributed by atoms with van der Waals surface area (Å²) in [5.41, 5.74) is 2.30. The van der Waals surface area contributed by atoms with Gasteiger partial charge < -0.3 is 9.47 Å². The van der Waals surface area contributed by atoms with E-state index < -0.39 is 11.8 Å². The summed E-state index contributed by atoms with van der Waals surface area (Å²) in [7, 11) is 2.85. The lowest BCUT2D eigenvalue weighted by Gasteiger charge is -2.32. The number of imide groups is 1. The van der Waals surface area contributed by atoms with Crippen LogP contribution in [0.2, 0.25) is 0 Å². The number of ether oxygens (including phenoxy) is 2. The standard InChI is InChI=1S/C23H24N2O4/c1-28-23(29-2)21(26)24(19-13-17(19)15-9-5-3-6-10-15)22(27)25(23)20-14-18(20)16-11-7-4-8-12-16/h3-12,17-20H,13-14H2,1-2H3/t17-,18+,19-,20+/m0/s1. The molecular formula is C23H24N2O4. The van der Waals surface area contributed by atoms with Gasteiger partial charge in [-0.3, -0.25) is 14.6 Å². The number of hydrogen-bond donors (Lipinski definition) is 0. The normalized spacial score (nSPS) is 30.0. The van der Waals surface area contributed by atoms with Crippen LogP contribution < -0.4 is 0 Å². The Labute approximate surface area is 170 Å². The third kappa shape index (κ3) is 2.70. The summed E-state index contributed by atoms with van der Waals surface area (Å²) in [6.07, 6.45) is 1.56. The van der Waals surface area contributed by atoms with E-state index in [4.69, 9.17) is 9.47 Å². The zero-order chi connectivity index (χ0) is 20.2. The molecule has 1 aliphatic heterocycles. The first-order valence-corrected chi connectivity index (χ1v) is 9.99. The second-order valence-electron chi connectivity index (χ2n) is 7.96. The van der Waals surface area contributed by atoms with Gasteiger partial charge in [0.1, 0.15) is 0 Å². The number of nitrogens with zero attached hydrogens (tertiary/aromatic N) is 2. The molecule has 1 heterocycles. The molecule has 2 saturated carbocycles. The van der Waals surface area contributed by atoms with Gasteiger partial charge in [-0.25, -0.2) is 4.79 Å². The Bertz CT molecular complexity index is 928. The van der Waals surface area contributed by atoms with Gasteiger partial charge >= 0.3 is 17.8 Å². The second kappa shape index (κ2) is 6.68. The van der Waals surface area contributed by atoms with Crippen LogP contribution in [-0.2, 0) is 14.3 Å². The monoisotopic (exact) mass is 392 g/mol. The number of urea groups is 1. The summed E-state index contributed by atoms with van der Waals surface area (Å²) in [6, 6.07) is 19.5. The van der Waals surface area contributed by atoms with Gasteiger partial charge in [-0.15, -0.1) is 0 Å². The van der Waals surface area contributed by atoms with Crippen molar-refractivity contribution in [3.8, 4) is 0 Å². The number of carbonyl (C=O) groups is 2. The lowest BCUT2D eigenvalue weighted by atomic mass is 10.1. The zero-order valence-electron chi connectivity index (χ0n) is 16.5. The summed E-state index contributed by atoms with van der Waals surface area (Å²) in [5.74, 6) is -1.76. The van der Waals surface area contributed by atoms with Gasteiger partial charge in [-0.2, -0.15) is 0 Å². The molecule has 2 aliphatic carbocycles. The number of hydrogen-bond acceptors (Lipinski definition) is 4. The highest BCUT2D eigenvalue weighted by Gasteiger charge is 2.68. The van der Waals surface area contributed by atoms with Gasteiger partial charge in [-0.1, -0.05) is 60.7 Å². The SMILES string of the molecule is COC1(OC)C(=O)N([C@H]2C[C@H]2c2ccccc2)C(=O)N1[C@@H]1C[C@@H]1c1ccccc1. The first kappa shape index (κ1) is 18.3. The van der Waals surface area contributed by atoms with E-state index in [1.807, 2.05) is 48.5 Å². The van der Waals surface area contributed by atoms with Crippen molar-refractivity contribution >= 4 is 11.9 Å². The molecule has 2 aromatic rings. The van der Waals surface area contributed by atoms with E-state index in [2.05, 4.69) is 12.1 Å². The summed E-state index contributed by atoms with van der Waals surface area (Å²) < 4.78 is 11.1. The third-order valence-electron chi connectivity index (χ3n) is 6.40. The minimum Gasteiger partial charge on any atom is -0.328 e. The summed E-state index contributed by atoms with van der Waals surface area (Å²) >= 11 is 0. The van der Waals surface area contributed by atoms with Gasteiger partial charge in [0.2, 0.25) is 0 Å². The molecule has 150 valence electrons. The van der Waals surface area contributed by atoms with E-state index in [9.17, 15) is 9.59 Å². The van der Waals surface area contributed by atoms with E-state index in [0.717, 1.165) is 24.0 Å². The van der Waals surface area contributed by atoms with Crippen molar-refractivity contribution in [1.29, 1.82) is 0 Å². The highest BCUT2D eigenvalue weighted by atomic mass is 16.7. The highest BCUT2D eigenvalue weighted by Crippen LogP contribution is 2.53. The molecule has 0 aromatic heterocycles. The predicted octanol–water partition coefficient (Wildman–Crippen LogP) is 3.31. The molecule has 2 aromatic carbocycles. The first-order valence-electron chi connectivity index (χ1n) is 9.99. The molecule has 6 heteroatoms. The van der Waals surface area contributed by atoms with E-state index in [1.165, 1.54) is 24.0 Å². The van der Waals surface area contributed by atoms with Crippen molar-refractivity contribution < 1.29 is 19.1 Å². The topological polar surface area (TPSA) is 59.1 Å².